The lowest BCUT2D eigenvalue weighted by Crippen LogP contribution is -2.45. The minimum absolute atomic E-state index is 0.0864. The van der Waals surface area contributed by atoms with E-state index in [0.717, 1.165) is 41.1 Å². The van der Waals surface area contributed by atoms with Gasteiger partial charge in [0.15, 0.2) is 0 Å². The van der Waals surface area contributed by atoms with Crippen molar-refractivity contribution in [3.8, 4) is 17.0 Å². The molecule has 190 valence electrons. The average molecular weight is 490 g/mol. The topological polar surface area (TPSA) is 83.6 Å². The van der Waals surface area contributed by atoms with Crippen LogP contribution >= 0.6 is 0 Å². The summed E-state index contributed by atoms with van der Waals surface area (Å²) >= 11 is 0. The average Bonchev–Trinajstić information content (AvgIpc) is 3.32. The first-order valence-electron chi connectivity index (χ1n) is 12.9. The van der Waals surface area contributed by atoms with Crippen molar-refractivity contribution in [3.63, 3.8) is 0 Å². The fourth-order valence-corrected chi connectivity index (χ4v) is 5.35. The Kier molecular flexibility index (Phi) is 7.93. The number of aromatic nitrogens is 3. The Balaban J connectivity index is 1.33. The summed E-state index contributed by atoms with van der Waals surface area (Å²) in [6.45, 7) is 2.74. The van der Waals surface area contributed by atoms with E-state index in [1.165, 1.54) is 19.3 Å². The summed E-state index contributed by atoms with van der Waals surface area (Å²) in [6.07, 6.45) is 9.38. The first kappa shape index (κ1) is 24.5. The van der Waals surface area contributed by atoms with E-state index in [1.807, 2.05) is 48.7 Å². The molecule has 3 heterocycles. The lowest BCUT2D eigenvalue weighted by Gasteiger charge is -2.35. The Morgan fingerprint density at radius 1 is 1.06 bits per heavy atom. The number of aromatic amines is 1. The summed E-state index contributed by atoms with van der Waals surface area (Å²) < 4.78 is 11.7. The van der Waals surface area contributed by atoms with Crippen molar-refractivity contribution < 1.29 is 14.3 Å². The second kappa shape index (κ2) is 11.7. The largest absolute Gasteiger partial charge is 0.497 e. The molecule has 8 heteroatoms. The zero-order valence-corrected chi connectivity index (χ0v) is 20.9. The molecule has 8 nitrogen and oxygen atoms in total. The first-order valence-corrected chi connectivity index (χ1v) is 12.9. The van der Waals surface area contributed by atoms with Crippen LogP contribution in [0.25, 0.3) is 11.3 Å². The first-order chi connectivity index (χ1) is 17.7. The molecule has 2 aromatic heterocycles. The zero-order chi connectivity index (χ0) is 24.7. The molecular weight excluding hydrogens is 454 g/mol. The van der Waals surface area contributed by atoms with Gasteiger partial charge in [-0.1, -0.05) is 25.3 Å². The van der Waals surface area contributed by atoms with E-state index >= 15 is 0 Å². The Morgan fingerprint density at radius 2 is 1.89 bits per heavy atom. The van der Waals surface area contributed by atoms with E-state index in [-0.39, 0.29) is 12.0 Å². The van der Waals surface area contributed by atoms with Crippen LogP contribution in [0.3, 0.4) is 0 Å². The van der Waals surface area contributed by atoms with Gasteiger partial charge in [-0.25, -0.2) is 0 Å². The Labute approximate surface area is 212 Å². The molecule has 2 aliphatic rings. The third-order valence-corrected chi connectivity index (χ3v) is 7.24. The van der Waals surface area contributed by atoms with Crippen LogP contribution < -0.4 is 4.74 Å². The molecule has 5 rings (SSSR count). The Morgan fingerprint density at radius 3 is 2.64 bits per heavy atom. The molecule has 0 bridgehead atoms. The third-order valence-electron chi connectivity index (χ3n) is 7.24. The number of hydrogen-bond donors (Lipinski definition) is 1. The van der Waals surface area contributed by atoms with Crippen LogP contribution in [0.4, 0.5) is 0 Å². The molecule has 1 unspecified atom stereocenters. The molecule has 1 aliphatic carbocycles. The molecule has 3 aromatic rings. The number of carbonyl (C=O) groups is 1. The fourth-order valence-electron chi connectivity index (χ4n) is 5.35. The molecule has 36 heavy (non-hydrogen) atoms. The molecule has 1 saturated heterocycles. The predicted molar refractivity (Wildman–Crippen MR) is 137 cm³/mol. The molecule has 1 N–H and O–H groups in total. The van der Waals surface area contributed by atoms with Crippen molar-refractivity contribution >= 4 is 5.91 Å². The van der Waals surface area contributed by atoms with Crippen LogP contribution in [-0.2, 0) is 22.7 Å². The highest BCUT2D eigenvalue weighted by molar-refractivity contribution is 5.79. The van der Waals surface area contributed by atoms with E-state index in [2.05, 4.69) is 25.0 Å². The van der Waals surface area contributed by atoms with Crippen LogP contribution in [0.5, 0.6) is 5.75 Å². The number of methoxy groups -OCH3 is 1. The van der Waals surface area contributed by atoms with Gasteiger partial charge in [-0.15, -0.1) is 0 Å². The van der Waals surface area contributed by atoms with E-state index < -0.39 is 0 Å². The number of amides is 1. The van der Waals surface area contributed by atoms with Gasteiger partial charge in [-0.3, -0.25) is 19.8 Å². The Bertz CT molecular complexity index is 1110. The van der Waals surface area contributed by atoms with Crippen molar-refractivity contribution in [1.29, 1.82) is 0 Å². The number of benzene rings is 1. The maximum absolute atomic E-state index is 13.5. The van der Waals surface area contributed by atoms with Gasteiger partial charge in [-0.05, 0) is 49.2 Å². The van der Waals surface area contributed by atoms with E-state index in [9.17, 15) is 4.79 Å². The van der Waals surface area contributed by atoms with E-state index in [1.54, 1.807) is 13.3 Å². The quantitative estimate of drug-likeness (QED) is 0.514. The van der Waals surface area contributed by atoms with Crippen molar-refractivity contribution in [2.75, 3.05) is 26.7 Å². The normalized spacial score (nSPS) is 19.9. The summed E-state index contributed by atoms with van der Waals surface area (Å²) in [7, 11) is 1.66. The number of hydrogen-bond acceptors (Lipinski definition) is 6. The van der Waals surface area contributed by atoms with Gasteiger partial charge in [-0.2, -0.15) is 5.10 Å². The zero-order valence-electron chi connectivity index (χ0n) is 20.9. The summed E-state index contributed by atoms with van der Waals surface area (Å²) in [4.78, 5) is 22.2. The minimum atomic E-state index is -0.0864. The van der Waals surface area contributed by atoms with Gasteiger partial charge in [0.25, 0.3) is 0 Å². The highest BCUT2D eigenvalue weighted by Crippen LogP contribution is 2.27. The number of carbonyl (C=O) groups excluding carboxylic acids is 1. The second-order valence-electron chi connectivity index (χ2n) is 9.76. The highest BCUT2D eigenvalue weighted by atomic mass is 16.5. The molecule has 0 radical (unpaired) electrons. The third kappa shape index (κ3) is 5.94. The van der Waals surface area contributed by atoms with Gasteiger partial charge in [0.05, 0.1) is 44.0 Å². The molecule has 0 spiro atoms. The summed E-state index contributed by atoms with van der Waals surface area (Å²) in [5, 5.41) is 7.46. The van der Waals surface area contributed by atoms with Crippen LogP contribution in [0, 0.1) is 0 Å². The smallest absolute Gasteiger partial charge is 0.237 e. The van der Waals surface area contributed by atoms with Gasteiger partial charge < -0.3 is 14.4 Å². The SMILES string of the molecule is COc1ccc(-c2[nH]ncc2CN2CC(=O)N(C3CCCCC3)CC(OCc3ccccn3)C2)cc1. The second-order valence-corrected chi connectivity index (χ2v) is 9.76. The number of H-pyrrole nitrogens is 1. The van der Waals surface area contributed by atoms with Crippen LogP contribution in [-0.4, -0.2) is 69.8 Å². The van der Waals surface area contributed by atoms with Gasteiger partial charge in [0.2, 0.25) is 5.91 Å². The number of nitrogens with one attached hydrogen (secondary N) is 1. The predicted octanol–water partition coefficient (Wildman–Crippen LogP) is 4.04. The van der Waals surface area contributed by atoms with Crippen LogP contribution in [0.1, 0.15) is 43.4 Å². The molecule has 1 amide bonds. The number of pyridine rings is 1. The van der Waals surface area contributed by atoms with Crippen molar-refractivity contribution in [3.05, 3.63) is 66.1 Å². The fraction of sp³-hybridized carbons (Fsp3) is 0.464. The number of ether oxygens (including phenoxy) is 2. The molecule has 1 aromatic carbocycles. The van der Waals surface area contributed by atoms with Crippen molar-refractivity contribution in [1.82, 2.24) is 25.0 Å². The maximum Gasteiger partial charge on any atom is 0.237 e. The maximum atomic E-state index is 13.5. The minimum Gasteiger partial charge on any atom is -0.497 e. The van der Waals surface area contributed by atoms with Crippen LogP contribution in [0.15, 0.2) is 54.9 Å². The lowest BCUT2D eigenvalue weighted by molar-refractivity contribution is -0.135. The number of nitrogens with zero attached hydrogens (tertiary/aromatic N) is 4. The standard InChI is InChI=1S/C28H35N5O3/c1-35-25-12-10-21(11-13-25)28-22(15-30-31-28)16-32-17-26(36-20-23-7-5-6-14-29-23)18-33(27(34)19-32)24-8-3-2-4-9-24/h5-7,10-15,24,26H,2-4,8-9,16-20H2,1H3,(H,30,31). The lowest BCUT2D eigenvalue weighted by atomic mass is 9.94. The van der Waals surface area contributed by atoms with Crippen LogP contribution in [0.2, 0.25) is 0 Å². The van der Waals surface area contributed by atoms with Crippen molar-refractivity contribution in [2.24, 2.45) is 0 Å². The molecule has 2 fully saturated rings. The van der Waals surface area contributed by atoms with Gasteiger partial charge in [0.1, 0.15) is 5.75 Å². The van der Waals surface area contributed by atoms with E-state index in [4.69, 9.17) is 9.47 Å². The Hall–Kier alpha value is -3.23. The van der Waals surface area contributed by atoms with Gasteiger partial charge in [0, 0.05) is 43.0 Å². The monoisotopic (exact) mass is 489 g/mol. The van der Waals surface area contributed by atoms with Gasteiger partial charge >= 0.3 is 0 Å². The summed E-state index contributed by atoms with van der Waals surface area (Å²) in [5.74, 6) is 1.01. The van der Waals surface area contributed by atoms with Crippen molar-refractivity contribution in [2.45, 2.75) is 57.4 Å². The van der Waals surface area contributed by atoms with E-state index in [0.29, 0.717) is 38.8 Å². The molecule has 1 atom stereocenters. The molecular formula is C28H35N5O3. The number of rotatable bonds is 8. The highest BCUT2D eigenvalue weighted by Gasteiger charge is 2.33. The molecule has 1 saturated carbocycles. The molecule has 1 aliphatic heterocycles. The summed E-state index contributed by atoms with van der Waals surface area (Å²) in [5.41, 5.74) is 3.96. The summed E-state index contributed by atoms with van der Waals surface area (Å²) in [6, 6.07) is 14.1.